The zero-order valence-corrected chi connectivity index (χ0v) is 10.2. The highest BCUT2D eigenvalue weighted by atomic mass is 35.5. The number of benzene rings is 1. The minimum absolute atomic E-state index is 0.422. The van der Waals surface area contributed by atoms with Crippen LogP contribution in [-0.2, 0) is 0 Å². The van der Waals surface area contributed by atoms with Crippen molar-refractivity contribution in [1.29, 1.82) is 0 Å². The van der Waals surface area contributed by atoms with Crippen molar-refractivity contribution in [3.63, 3.8) is 0 Å². The average molecular weight is 243 g/mol. The highest BCUT2D eigenvalue weighted by Crippen LogP contribution is 2.42. The van der Waals surface area contributed by atoms with E-state index < -0.39 is 0 Å². The molecule has 0 aliphatic carbocycles. The molecule has 0 spiro atoms. The Morgan fingerprint density at radius 2 is 2.33 bits per heavy atom. The third-order valence-electron chi connectivity index (χ3n) is 2.63. The predicted octanol–water partition coefficient (Wildman–Crippen LogP) is 2.96. The third kappa shape index (κ3) is 2.25. The van der Waals surface area contributed by atoms with Gasteiger partial charge in [0.15, 0.2) is 0 Å². The molecule has 0 saturated carbocycles. The lowest BCUT2D eigenvalue weighted by molar-refractivity contribution is 0.672. The quantitative estimate of drug-likeness (QED) is 0.838. The predicted molar refractivity (Wildman–Crippen MR) is 67.9 cm³/mol. The molecular weight excluding hydrogens is 228 g/mol. The zero-order valence-electron chi connectivity index (χ0n) is 8.66. The molecule has 1 aromatic carbocycles. The number of hydrogen-bond acceptors (Lipinski definition) is 3. The molecule has 0 radical (unpaired) electrons. The number of rotatable bonds is 2. The van der Waals surface area contributed by atoms with Gasteiger partial charge in [0.1, 0.15) is 0 Å². The van der Waals surface area contributed by atoms with Crippen molar-refractivity contribution in [2.45, 2.75) is 29.5 Å². The summed E-state index contributed by atoms with van der Waals surface area (Å²) in [7, 11) is 0. The van der Waals surface area contributed by atoms with Gasteiger partial charge in [-0.3, -0.25) is 0 Å². The summed E-state index contributed by atoms with van der Waals surface area (Å²) in [6.45, 7) is 2.92. The summed E-state index contributed by atoms with van der Waals surface area (Å²) in [4.78, 5) is 1.24. The van der Waals surface area contributed by atoms with Crippen LogP contribution in [0.5, 0.6) is 0 Å². The third-order valence-corrected chi connectivity index (χ3v) is 4.49. The van der Waals surface area contributed by atoms with Gasteiger partial charge in [0.2, 0.25) is 0 Å². The molecule has 2 atom stereocenters. The van der Waals surface area contributed by atoms with E-state index in [2.05, 4.69) is 18.3 Å². The van der Waals surface area contributed by atoms with Gasteiger partial charge in [-0.25, -0.2) is 0 Å². The SMILES string of the molecule is CC1Nc2c(Cl)cccc2SC1CCN. The molecule has 1 heterocycles. The summed E-state index contributed by atoms with van der Waals surface area (Å²) in [6, 6.07) is 6.44. The van der Waals surface area contributed by atoms with E-state index in [4.69, 9.17) is 17.3 Å². The minimum Gasteiger partial charge on any atom is -0.379 e. The molecule has 2 rings (SSSR count). The molecule has 0 saturated heterocycles. The van der Waals surface area contributed by atoms with Gasteiger partial charge in [-0.1, -0.05) is 17.7 Å². The van der Waals surface area contributed by atoms with E-state index in [1.807, 2.05) is 23.9 Å². The Bertz CT molecular complexity index is 356. The summed E-state index contributed by atoms with van der Waals surface area (Å²) < 4.78 is 0. The molecule has 1 aliphatic rings. The molecule has 0 fully saturated rings. The molecule has 2 nitrogen and oxygen atoms in total. The Hall–Kier alpha value is -0.380. The lowest BCUT2D eigenvalue weighted by atomic mass is 10.1. The number of hydrogen-bond donors (Lipinski definition) is 2. The number of anilines is 1. The van der Waals surface area contributed by atoms with E-state index in [-0.39, 0.29) is 0 Å². The van der Waals surface area contributed by atoms with Crippen LogP contribution in [-0.4, -0.2) is 17.8 Å². The summed E-state index contributed by atoms with van der Waals surface area (Å²) in [5, 5.41) is 4.80. The van der Waals surface area contributed by atoms with Crippen LogP contribution >= 0.6 is 23.4 Å². The van der Waals surface area contributed by atoms with E-state index in [1.165, 1.54) is 4.90 Å². The fraction of sp³-hybridized carbons (Fsp3) is 0.455. The monoisotopic (exact) mass is 242 g/mol. The van der Waals surface area contributed by atoms with Crippen LogP contribution in [0.2, 0.25) is 5.02 Å². The Balaban J connectivity index is 2.25. The van der Waals surface area contributed by atoms with Gasteiger partial charge in [-0.05, 0) is 32.0 Å². The number of nitrogens with one attached hydrogen (secondary N) is 1. The second kappa shape index (κ2) is 4.64. The highest BCUT2D eigenvalue weighted by molar-refractivity contribution is 8.00. The molecule has 2 unspecified atom stereocenters. The first-order valence-corrected chi connectivity index (χ1v) is 6.40. The van der Waals surface area contributed by atoms with Gasteiger partial charge in [-0.2, -0.15) is 0 Å². The fourth-order valence-corrected chi connectivity index (χ4v) is 3.38. The van der Waals surface area contributed by atoms with Crippen LogP contribution in [0.25, 0.3) is 0 Å². The van der Waals surface area contributed by atoms with Crippen molar-refractivity contribution >= 4 is 29.1 Å². The molecule has 0 amide bonds. The topological polar surface area (TPSA) is 38.0 Å². The molecule has 4 heteroatoms. The van der Waals surface area contributed by atoms with Gasteiger partial charge in [0.25, 0.3) is 0 Å². The van der Waals surface area contributed by atoms with Crippen molar-refractivity contribution in [2.75, 3.05) is 11.9 Å². The zero-order chi connectivity index (χ0) is 10.8. The van der Waals surface area contributed by atoms with Crippen LogP contribution in [0.4, 0.5) is 5.69 Å². The Kier molecular flexibility index (Phi) is 3.44. The largest absolute Gasteiger partial charge is 0.379 e. The highest BCUT2D eigenvalue weighted by Gasteiger charge is 2.25. The summed E-state index contributed by atoms with van der Waals surface area (Å²) in [5.41, 5.74) is 6.68. The Morgan fingerprint density at radius 1 is 1.53 bits per heavy atom. The first-order chi connectivity index (χ1) is 7.22. The van der Waals surface area contributed by atoms with Crippen LogP contribution in [0.15, 0.2) is 23.1 Å². The Morgan fingerprint density at radius 3 is 3.07 bits per heavy atom. The Labute approximate surface area is 99.6 Å². The van der Waals surface area contributed by atoms with Crippen LogP contribution in [0.3, 0.4) is 0 Å². The standard InChI is InChI=1S/C11H15ClN2S/c1-7-9(5-6-13)15-10-4-2-3-8(12)11(10)14-7/h2-4,7,9,14H,5-6,13H2,1H3. The summed E-state index contributed by atoms with van der Waals surface area (Å²) in [6.07, 6.45) is 1.03. The number of fused-ring (bicyclic) bond motifs is 1. The van der Waals surface area contributed by atoms with E-state index >= 15 is 0 Å². The van der Waals surface area contributed by atoms with Gasteiger partial charge in [0.05, 0.1) is 10.7 Å². The number of nitrogens with two attached hydrogens (primary N) is 1. The second-order valence-corrected chi connectivity index (χ2v) is 5.47. The maximum atomic E-state index is 6.13. The normalized spacial score (nSPS) is 24.5. The molecule has 1 aliphatic heterocycles. The summed E-state index contributed by atoms with van der Waals surface area (Å²) >= 11 is 8.01. The second-order valence-electron chi connectivity index (χ2n) is 3.78. The smallest absolute Gasteiger partial charge is 0.0670 e. The van der Waals surface area contributed by atoms with Crippen molar-refractivity contribution in [3.8, 4) is 0 Å². The maximum absolute atomic E-state index is 6.13. The van der Waals surface area contributed by atoms with Gasteiger partial charge in [-0.15, -0.1) is 11.8 Å². The van der Waals surface area contributed by atoms with Gasteiger partial charge in [0, 0.05) is 16.2 Å². The van der Waals surface area contributed by atoms with Gasteiger partial charge < -0.3 is 11.1 Å². The first-order valence-electron chi connectivity index (χ1n) is 5.14. The van der Waals surface area contributed by atoms with Gasteiger partial charge >= 0.3 is 0 Å². The molecule has 3 N–H and O–H groups in total. The van der Waals surface area contributed by atoms with Crippen LogP contribution in [0.1, 0.15) is 13.3 Å². The molecule has 0 bridgehead atoms. The first kappa shape index (κ1) is 11.1. The van der Waals surface area contributed by atoms with Crippen molar-refractivity contribution < 1.29 is 0 Å². The fourth-order valence-electron chi connectivity index (χ4n) is 1.80. The van der Waals surface area contributed by atoms with Crippen molar-refractivity contribution in [2.24, 2.45) is 5.73 Å². The number of thioether (sulfide) groups is 1. The molecular formula is C11H15ClN2S. The minimum atomic E-state index is 0.422. The van der Waals surface area contributed by atoms with Crippen molar-refractivity contribution in [1.82, 2.24) is 0 Å². The molecule has 15 heavy (non-hydrogen) atoms. The van der Waals surface area contributed by atoms with Crippen molar-refractivity contribution in [3.05, 3.63) is 23.2 Å². The lowest BCUT2D eigenvalue weighted by Gasteiger charge is -2.32. The maximum Gasteiger partial charge on any atom is 0.0670 e. The molecule has 0 aromatic heterocycles. The van der Waals surface area contributed by atoms with Crippen LogP contribution in [0, 0.1) is 0 Å². The number of para-hydroxylation sites is 1. The van der Waals surface area contributed by atoms with E-state index in [1.54, 1.807) is 0 Å². The lowest BCUT2D eigenvalue weighted by Crippen LogP contribution is -2.33. The van der Waals surface area contributed by atoms with E-state index in [0.29, 0.717) is 11.3 Å². The number of halogens is 1. The van der Waals surface area contributed by atoms with Crippen LogP contribution < -0.4 is 11.1 Å². The molecule has 82 valence electrons. The average Bonchev–Trinajstić information content (AvgIpc) is 2.21. The summed E-state index contributed by atoms with van der Waals surface area (Å²) in [5.74, 6) is 0. The van der Waals surface area contributed by atoms with E-state index in [9.17, 15) is 0 Å². The molecule has 1 aromatic rings. The van der Waals surface area contributed by atoms with E-state index in [0.717, 1.165) is 23.7 Å².